The predicted octanol–water partition coefficient (Wildman–Crippen LogP) is 7.67. The number of carbonyl (C=O) groups excluding carboxylic acids is 1. The lowest BCUT2D eigenvalue weighted by atomic mass is 9.68. The number of aromatic nitrogens is 1. The lowest BCUT2D eigenvalue weighted by molar-refractivity contribution is -0.130. The minimum Gasteiger partial charge on any atom is -0.338 e. The van der Waals surface area contributed by atoms with Crippen molar-refractivity contribution in [3.8, 4) is 0 Å². The molecule has 1 aliphatic carbocycles. The fraction of sp³-hybridized carbons (Fsp3) is 0.259. The summed E-state index contributed by atoms with van der Waals surface area (Å²) in [4.78, 5) is 19.6. The van der Waals surface area contributed by atoms with Crippen LogP contribution < -0.4 is 0 Å². The summed E-state index contributed by atoms with van der Waals surface area (Å²) in [6, 6.07) is 12.8. The molecule has 3 aromatic rings. The molecule has 1 aromatic heterocycles. The highest BCUT2D eigenvalue weighted by Crippen LogP contribution is 2.50. The average molecular weight is 536 g/mol. The van der Waals surface area contributed by atoms with Gasteiger partial charge in [-0.3, -0.25) is 9.78 Å². The monoisotopic (exact) mass is 534 g/mol. The second kappa shape index (κ2) is 10.3. The van der Waals surface area contributed by atoms with E-state index in [1.807, 2.05) is 24.3 Å². The van der Waals surface area contributed by atoms with E-state index in [2.05, 4.69) is 4.98 Å². The topological polar surface area (TPSA) is 33.2 Å². The van der Waals surface area contributed by atoms with Crippen LogP contribution in [-0.4, -0.2) is 22.3 Å². The van der Waals surface area contributed by atoms with E-state index < -0.39 is 11.6 Å². The fourth-order valence-electron chi connectivity index (χ4n) is 5.10. The summed E-state index contributed by atoms with van der Waals surface area (Å²) >= 11 is 18.8. The zero-order valence-corrected chi connectivity index (χ0v) is 20.0. The zero-order chi connectivity index (χ0) is 24.0. The Morgan fingerprint density at radius 2 is 1.66 bits per heavy atom. The van der Waals surface area contributed by atoms with Gasteiger partial charge in [0.15, 0.2) is 11.6 Å². The number of nitrogens with zero attached hydrogens (tertiary/aromatic N) is 2. The quantitative estimate of drug-likeness (QED) is 0.321. The van der Waals surface area contributed by atoms with Crippen molar-refractivity contribution in [1.29, 1.82) is 0 Å². The molecular formula is C27H23Cl3F2N2O. The van der Waals surface area contributed by atoms with Crippen molar-refractivity contribution in [2.24, 2.45) is 11.8 Å². The van der Waals surface area contributed by atoms with Crippen LogP contribution in [0.3, 0.4) is 0 Å². The summed E-state index contributed by atoms with van der Waals surface area (Å²) in [7, 11) is 0. The normalized spacial score (nSPS) is 23.2. The molecule has 5 rings (SSSR count). The number of rotatable bonds is 4. The fourth-order valence-corrected chi connectivity index (χ4v) is 5.74. The third-order valence-electron chi connectivity index (χ3n) is 6.63. The summed E-state index contributed by atoms with van der Waals surface area (Å²) in [5.41, 5.74) is 2.24. The Labute approximate surface area is 218 Å². The van der Waals surface area contributed by atoms with Gasteiger partial charge in [-0.25, -0.2) is 8.78 Å². The third kappa shape index (κ3) is 4.95. The molecule has 2 heterocycles. The highest BCUT2D eigenvalue weighted by Gasteiger charge is 2.48. The molecule has 3 nitrogen and oxygen atoms in total. The smallest absolute Gasteiger partial charge is 0.230 e. The molecule has 0 spiro atoms. The minimum atomic E-state index is -0.929. The SMILES string of the molecule is C.O=C1[C@@H]2C=C[C@@H](c3ccc(Cl)cc3Cl)[C@H](c3ccc(Cl)cn3)[C@@H]2CN1Cc1ccc(F)c(F)c1. The van der Waals surface area contributed by atoms with Crippen molar-refractivity contribution >= 4 is 40.7 Å². The first kappa shape index (κ1) is 25.6. The van der Waals surface area contributed by atoms with E-state index in [0.29, 0.717) is 27.2 Å². The van der Waals surface area contributed by atoms with Crippen LogP contribution in [0.15, 0.2) is 66.9 Å². The summed E-state index contributed by atoms with van der Waals surface area (Å²) < 4.78 is 27.1. The Hall–Kier alpha value is -2.47. The van der Waals surface area contributed by atoms with E-state index in [0.717, 1.165) is 23.4 Å². The van der Waals surface area contributed by atoms with Gasteiger partial charge < -0.3 is 4.90 Å². The Kier molecular flexibility index (Phi) is 7.51. The number of halogens is 5. The summed E-state index contributed by atoms with van der Waals surface area (Å²) in [5.74, 6) is -2.61. The van der Waals surface area contributed by atoms with Crippen LogP contribution in [0.1, 0.15) is 36.1 Å². The number of pyridine rings is 1. The van der Waals surface area contributed by atoms with Gasteiger partial charge >= 0.3 is 0 Å². The van der Waals surface area contributed by atoms with Gasteiger partial charge in [-0.2, -0.15) is 0 Å². The van der Waals surface area contributed by atoms with Gasteiger partial charge in [0.25, 0.3) is 0 Å². The molecule has 1 saturated heterocycles. The molecule has 182 valence electrons. The van der Waals surface area contributed by atoms with Gasteiger partial charge in [0.05, 0.1) is 10.9 Å². The first-order chi connectivity index (χ1) is 16.3. The molecule has 8 heteroatoms. The molecule has 35 heavy (non-hydrogen) atoms. The highest BCUT2D eigenvalue weighted by molar-refractivity contribution is 6.35. The number of hydrogen-bond donors (Lipinski definition) is 0. The second-order valence-electron chi connectivity index (χ2n) is 8.66. The number of hydrogen-bond acceptors (Lipinski definition) is 2. The summed E-state index contributed by atoms with van der Waals surface area (Å²) in [6.07, 6.45) is 5.54. The van der Waals surface area contributed by atoms with Crippen LogP contribution in [-0.2, 0) is 11.3 Å². The Morgan fingerprint density at radius 1 is 0.914 bits per heavy atom. The Morgan fingerprint density at radius 3 is 2.34 bits per heavy atom. The molecule has 0 saturated carbocycles. The predicted molar refractivity (Wildman–Crippen MR) is 136 cm³/mol. The molecular weight excluding hydrogens is 513 g/mol. The molecule has 2 aliphatic rings. The maximum atomic E-state index is 13.7. The first-order valence-corrected chi connectivity index (χ1v) is 11.9. The van der Waals surface area contributed by atoms with Gasteiger partial charge in [-0.05, 0) is 47.5 Å². The zero-order valence-electron chi connectivity index (χ0n) is 17.8. The van der Waals surface area contributed by atoms with Crippen molar-refractivity contribution in [2.45, 2.75) is 25.8 Å². The largest absolute Gasteiger partial charge is 0.338 e. The van der Waals surface area contributed by atoms with Gasteiger partial charge in [0.2, 0.25) is 5.91 Å². The maximum Gasteiger partial charge on any atom is 0.230 e. The number of carbonyl (C=O) groups is 1. The molecule has 2 aromatic carbocycles. The molecule has 4 atom stereocenters. The van der Waals surface area contributed by atoms with Gasteiger partial charge in [-0.1, -0.05) is 66.5 Å². The molecule has 0 N–H and O–H groups in total. The van der Waals surface area contributed by atoms with Crippen molar-refractivity contribution in [3.63, 3.8) is 0 Å². The lowest BCUT2D eigenvalue weighted by Crippen LogP contribution is -2.30. The standard InChI is InChI=1S/C26H19Cl3F2N2O.CH4/c27-15-2-4-17(21(29)10-15)18-5-6-19-20(25(18)24-8-3-16(28)11-32-24)13-33(26(19)34)12-14-1-7-22(30)23(31)9-14;/h1-11,18-20,25H,12-13H2;1H4/t18-,19+,20+,25-;/m0./s1. The third-order valence-corrected chi connectivity index (χ3v) is 7.42. The van der Waals surface area contributed by atoms with E-state index in [1.54, 1.807) is 29.3 Å². The maximum absolute atomic E-state index is 13.7. The van der Waals surface area contributed by atoms with E-state index in [4.69, 9.17) is 34.8 Å². The molecule has 0 bridgehead atoms. The minimum absolute atomic E-state index is 0. The van der Waals surface area contributed by atoms with Gasteiger partial charge in [0, 0.05) is 52.8 Å². The van der Waals surface area contributed by atoms with E-state index in [1.165, 1.54) is 6.07 Å². The Bertz CT molecular complexity index is 1280. The molecule has 1 amide bonds. The van der Waals surface area contributed by atoms with E-state index >= 15 is 0 Å². The number of benzene rings is 2. The number of amides is 1. The van der Waals surface area contributed by atoms with Gasteiger partial charge in [-0.15, -0.1) is 0 Å². The van der Waals surface area contributed by atoms with E-state index in [-0.39, 0.29) is 43.6 Å². The molecule has 1 aliphatic heterocycles. The van der Waals surface area contributed by atoms with Crippen LogP contribution in [0.5, 0.6) is 0 Å². The van der Waals surface area contributed by atoms with Crippen LogP contribution >= 0.6 is 34.8 Å². The first-order valence-electron chi connectivity index (χ1n) is 10.8. The molecule has 0 unspecified atom stereocenters. The number of fused-ring (bicyclic) bond motifs is 1. The van der Waals surface area contributed by atoms with Crippen LogP contribution in [0.2, 0.25) is 15.1 Å². The van der Waals surface area contributed by atoms with Crippen molar-refractivity contribution in [3.05, 3.63) is 110 Å². The summed E-state index contributed by atoms with van der Waals surface area (Å²) in [6.45, 7) is 0.646. The van der Waals surface area contributed by atoms with Crippen molar-refractivity contribution in [2.75, 3.05) is 6.54 Å². The highest BCUT2D eigenvalue weighted by atomic mass is 35.5. The average Bonchev–Trinajstić information content (AvgIpc) is 3.12. The second-order valence-corrected chi connectivity index (χ2v) is 9.94. The van der Waals surface area contributed by atoms with Crippen LogP contribution in [0, 0.1) is 23.5 Å². The number of likely N-dealkylation sites (tertiary alicyclic amines) is 1. The van der Waals surface area contributed by atoms with Crippen molar-refractivity contribution < 1.29 is 13.6 Å². The molecule has 0 radical (unpaired) electrons. The number of allylic oxidation sites excluding steroid dienone is 1. The van der Waals surface area contributed by atoms with E-state index in [9.17, 15) is 13.6 Å². The van der Waals surface area contributed by atoms with Gasteiger partial charge in [0.1, 0.15) is 0 Å². The Balaban J connectivity index is 0.00000289. The summed E-state index contributed by atoms with van der Waals surface area (Å²) in [5, 5.41) is 1.61. The lowest BCUT2D eigenvalue weighted by Gasteiger charge is -2.35. The van der Waals surface area contributed by atoms with Crippen molar-refractivity contribution in [1.82, 2.24) is 9.88 Å². The molecule has 1 fully saturated rings. The van der Waals surface area contributed by atoms with Crippen LogP contribution in [0.25, 0.3) is 0 Å². The van der Waals surface area contributed by atoms with Crippen LogP contribution in [0.4, 0.5) is 8.78 Å².